The van der Waals surface area contributed by atoms with E-state index in [2.05, 4.69) is 5.32 Å². The van der Waals surface area contributed by atoms with Crippen LogP contribution in [0.25, 0.3) is 0 Å². The van der Waals surface area contributed by atoms with Crippen molar-refractivity contribution >= 4 is 23.6 Å². The molecule has 0 unspecified atom stereocenters. The van der Waals surface area contributed by atoms with E-state index in [1.165, 1.54) is 0 Å². The van der Waals surface area contributed by atoms with Gasteiger partial charge in [0.2, 0.25) is 0 Å². The Hall–Kier alpha value is -1.49. The topological polar surface area (TPSA) is 66.4 Å². The number of thioether (sulfide) groups is 1. The Bertz CT molecular complexity index is 431. The van der Waals surface area contributed by atoms with Gasteiger partial charge < -0.3 is 10.4 Å². The quantitative estimate of drug-likeness (QED) is 0.753. The number of hydrogen-bond donors (Lipinski definition) is 2. The number of aryl methyl sites for hydroxylation is 1. The molecule has 0 saturated carbocycles. The van der Waals surface area contributed by atoms with Crippen LogP contribution in [0.1, 0.15) is 29.3 Å². The van der Waals surface area contributed by atoms with Crippen LogP contribution in [0.3, 0.4) is 0 Å². The second kappa shape index (κ2) is 7.84. The molecule has 4 nitrogen and oxygen atoms in total. The van der Waals surface area contributed by atoms with E-state index in [9.17, 15) is 9.59 Å². The van der Waals surface area contributed by atoms with Crippen LogP contribution in [-0.4, -0.2) is 34.5 Å². The fourth-order valence-corrected chi connectivity index (χ4v) is 2.24. The minimum Gasteiger partial charge on any atom is -0.480 e. The molecule has 1 aromatic carbocycles. The largest absolute Gasteiger partial charge is 0.480 e. The van der Waals surface area contributed by atoms with E-state index in [0.717, 1.165) is 17.1 Å². The molecule has 0 spiro atoms. The number of carbonyl (C=O) groups is 2. The predicted octanol–water partition coefficient (Wildman–Crippen LogP) is 2.32. The normalized spacial score (nSPS) is 11.9. The Balaban J connectivity index is 2.60. The van der Waals surface area contributed by atoms with Crippen LogP contribution in [0.5, 0.6) is 0 Å². The Morgan fingerprint density at radius 1 is 1.32 bits per heavy atom. The average Bonchev–Trinajstić information content (AvgIpc) is 2.38. The van der Waals surface area contributed by atoms with Gasteiger partial charge in [0, 0.05) is 5.56 Å². The number of amides is 1. The maximum absolute atomic E-state index is 11.9. The Morgan fingerprint density at radius 2 is 1.95 bits per heavy atom. The molecule has 104 valence electrons. The van der Waals surface area contributed by atoms with Crippen LogP contribution in [0.4, 0.5) is 0 Å². The number of carboxylic acid groups (broad SMARTS) is 1. The van der Waals surface area contributed by atoms with Gasteiger partial charge in [-0.15, -0.1) is 0 Å². The van der Waals surface area contributed by atoms with Gasteiger partial charge in [-0.05, 0) is 37.0 Å². The smallest absolute Gasteiger partial charge is 0.326 e. The highest BCUT2D eigenvalue weighted by atomic mass is 32.2. The number of rotatable bonds is 7. The summed E-state index contributed by atoms with van der Waals surface area (Å²) in [5.74, 6) is 0.339. The number of carbonyl (C=O) groups excluding carboxylic acids is 1. The SMILES string of the molecule is CCSCC[C@H](NC(=O)c1ccc(C)cc1)C(=O)O. The lowest BCUT2D eigenvalue weighted by Crippen LogP contribution is -2.41. The predicted molar refractivity (Wildman–Crippen MR) is 77.7 cm³/mol. The summed E-state index contributed by atoms with van der Waals surface area (Å²) in [4.78, 5) is 23.0. The maximum Gasteiger partial charge on any atom is 0.326 e. The van der Waals surface area contributed by atoms with Crippen molar-refractivity contribution in [2.45, 2.75) is 26.3 Å². The lowest BCUT2D eigenvalue weighted by Gasteiger charge is -2.14. The van der Waals surface area contributed by atoms with Crippen molar-refractivity contribution in [3.05, 3.63) is 35.4 Å². The van der Waals surface area contributed by atoms with E-state index in [1.807, 2.05) is 26.0 Å². The van der Waals surface area contributed by atoms with Gasteiger partial charge in [-0.25, -0.2) is 4.79 Å². The number of aliphatic carboxylic acids is 1. The van der Waals surface area contributed by atoms with E-state index in [0.29, 0.717) is 12.0 Å². The van der Waals surface area contributed by atoms with Crippen LogP contribution in [0.15, 0.2) is 24.3 Å². The summed E-state index contributed by atoms with van der Waals surface area (Å²) < 4.78 is 0. The highest BCUT2D eigenvalue weighted by Gasteiger charge is 2.20. The summed E-state index contributed by atoms with van der Waals surface area (Å²) in [6.45, 7) is 3.95. The molecular weight excluding hydrogens is 262 g/mol. The lowest BCUT2D eigenvalue weighted by molar-refractivity contribution is -0.139. The molecule has 0 fully saturated rings. The van der Waals surface area contributed by atoms with Crippen molar-refractivity contribution in [1.82, 2.24) is 5.32 Å². The summed E-state index contributed by atoms with van der Waals surface area (Å²) in [6, 6.07) is 6.23. The molecule has 0 radical (unpaired) electrons. The van der Waals surface area contributed by atoms with Gasteiger partial charge in [-0.1, -0.05) is 24.6 Å². The highest BCUT2D eigenvalue weighted by Crippen LogP contribution is 2.07. The van der Waals surface area contributed by atoms with Crippen molar-refractivity contribution < 1.29 is 14.7 Å². The third-order valence-electron chi connectivity index (χ3n) is 2.67. The molecule has 1 amide bonds. The minimum absolute atomic E-state index is 0.339. The molecule has 0 aliphatic heterocycles. The van der Waals surface area contributed by atoms with Gasteiger partial charge in [-0.3, -0.25) is 4.79 Å². The fraction of sp³-hybridized carbons (Fsp3) is 0.429. The number of nitrogens with one attached hydrogen (secondary N) is 1. The van der Waals surface area contributed by atoms with Gasteiger partial charge in [0.1, 0.15) is 6.04 Å². The number of benzene rings is 1. The molecule has 0 aliphatic carbocycles. The van der Waals surface area contributed by atoms with E-state index in [1.54, 1.807) is 23.9 Å². The van der Waals surface area contributed by atoms with E-state index in [4.69, 9.17) is 5.11 Å². The van der Waals surface area contributed by atoms with Gasteiger partial charge >= 0.3 is 5.97 Å². The van der Waals surface area contributed by atoms with Gasteiger partial charge in [-0.2, -0.15) is 11.8 Å². The first-order chi connectivity index (χ1) is 9.04. The third kappa shape index (κ3) is 5.34. The van der Waals surface area contributed by atoms with Crippen LogP contribution in [0, 0.1) is 6.92 Å². The Kier molecular flexibility index (Phi) is 6.42. The van der Waals surface area contributed by atoms with Crippen LogP contribution in [0.2, 0.25) is 0 Å². The first-order valence-electron chi connectivity index (χ1n) is 6.22. The zero-order valence-electron chi connectivity index (χ0n) is 11.2. The summed E-state index contributed by atoms with van der Waals surface area (Å²) >= 11 is 1.66. The van der Waals surface area contributed by atoms with Crippen molar-refractivity contribution in [2.24, 2.45) is 0 Å². The Morgan fingerprint density at radius 3 is 2.47 bits per heavy atom. The molecule has 0 bridgehead atoms. The van der Waals surface area contributed by atoms with E-state index >= 15 is 0 Å². The molecular formula is C14H19NO3S. The molecule has 19 heavy (non-hydrogen) atoms. The first-order valence-corrected chi connectivity index (χ1v) is 7.38. The zero-order valence-corrected chi connectivity index (χ0v) is 12.0. The monoisotopic (exact) mass is 281 g/mol. The summed E-state index contributed by atoms with van der Waals surface area (Å²) in [7, 11) is 0. The average molecular weight is 281 g/mol. The second-order valence-corrected chi connectivity index (χ2v) is 5.61. The molecule has 0 aliphatic rings. The first kappa shape index (κ1) is 15.6. The van der Waals surface area contributed by atoms with Gasteiger partial charge in [0.05, 0.1) is 0 Å². The summed E-state index contributed by atoms with van der Waals surface area (Å²) in [6.07, 6.45) is 0.436. The molecule has 2 N–H and O–H groups in total. The van der Waals surface area contributed by atoms with Gasteiger partial charge in [0.15, 0.2) is 0 Å². The third-order valence-corrected chi connectivity index (χ3v) is 3.60. The van der Waals surface area contributed by atoms with Gasteiger partial charge in [0.25, 0.3) is 5.91 Å². The second-order valence-electron chi connectivity index (χ2n) is 4.22. The standard InChI is InChI=1S/C14H19NO3S/c1-3-19-9-8-12(14(17)18)15-13(16)11-6-4-10(2)5-7-11/h4-7,12H,3,8-9H2,1-2H3,(H,15,16)(H,17,18)/t12-/m0/s1. The van der Waals surface area contributed by atoms with Crippen LogP contribution in [-0.2, 0) is 4.79 Å². The molecule has 1 atom stereocenters. The van der Waals surface area contributed by atoms with Crippen molar-refractivity contribution in [1.29, 1.82) is 0 Å². The van der Waals surface area contributed by atoms with Crippen LogP contribution >= 0.6 is 11.8 Å². The lowest BCUT2D eigenvalue weighted by atomic mass is 10.1. The van der Waals surface area contributed by atoms with Crippen LogP contribution < -0.4 is 5.32 Å². The molecule has 1 rings (SSSR count). The Labute approximate surface area is 117 Å². The number of hydrogen-bond acceptors (Lipinski definition) is 3. The molecule has 1 aromatic rings. The maximum atomic E-state index is 11.9. The number of carboxylic acids is 1. The van der Waals surface area contributed by atoms with E-state index in [-0.39, 0.29) is 5.91 Å². The summed E-state index contributed by atoms with van der Waals surface area (Å²) in [5.41, 5.74) is 1.55. The molecule has 0 heterocycles. The zero-order chi connectivity index (χ0) is 14.3. The van der Waals surface area contributed by atoms with Crippen molar-refractivity contribution in [3.8, 4) is 0 Å². The van der Waals surface area contributed by atoms with E-state index < -0.39 is 12.0 Å². The highest BCUT2D eigenvalue weighted by molar-refractivity contribution is 7.99. The molecule has 0 saturated heterocycles. The molecule has 5 heteroatoms. The minimum atomic E-state index is -0.989. The fourth-order valence-electron chi connectivity index (χ4n) is 1.55. The summed E-state index contributed by atoms with van der Waals surface area (Å²) in [5, 5.41) is 11.6. The molecule has 0 aromatic heterocycles. The van der Waals surface area contributed by atoms with Crippen molar-refractivity contribution in [2.75, 3.05) is 11.5 Å². The van der Waals surface area contributed by atoms with Crippen molar-refractivity contribution in [3.63, 3.8) is 0 Å².